The first-order valence-electron chi connectivity index (χ1n) is 6.25. The standard InChI is InChI=1S/C16H17NO2/c1-12-7-5-6-10-15(12)17-11-14(16(18)19)13-8-3-2-4-9-13/h2-10,14,17H,11H2,1H3,(H,18,19). The van der Waals surface area contributed by atoms with Gasteiger partial charge in [0.1, 0.15) is 0 Å². The van der Waals surface area contributed by atoms with Gasteiger partial charge in [-0.1, -0.05) is 48.5 Å². The molecule has 2 aromatic rings. The average molecular weight is 255 g/mol. The highest BCUT2D eigenvalue weighted by atomic mass is 16.4. The van der Waals surface area contributed by atoms with E-state index >= 15 is 0 Å². The van der Waals surface area contributed by atoms with Crippen molar-refractivity contribution in [3.05, 3.63) is 65.7 Å². The molecule has 3 heteroatoms. The zero-order chi connectivity index (χ0) is 13.7. The van der Waals surface area contributed by atoms with Crippen LogP contribution in [-0.4, -0.2) is 17.6 Å². The lowest BCUT2D eigenvalue weighted by Gasteiger charge is -2.15. The maximum absolute atomic E-state index is 11.4. The maximum atomic E-state index is 11.4. The van der Waals surface area contributed by atoms with E-state index in [1.807, 2.05) is 61.5 Å². The van der Waals surface area contributed by atoms with Gasteiger partial charge in [-0.15, -0.1) is 0 Å². The summed E-state index contributed by atoms with van der Waals surface area (Å²) in [6.45, 7) is 2.38. The second-order valence-electron chi connectivity index (χ2n) is 4.50. The number of aliphatic carboxylic acids is 1. The smallest absolute Gasteiger partial charge is 0.312 e. The lowest BCUT2D eigenvalue weighted by molar-refractivity contribution is -0.138. The third kappa shape index (κ3) is 3.35. The zero-order valence-electron chi connectivity index (χ0n) is 10.8. The Balaban J connectivity index is 2.11. The quantitative estimate of drug-likeness (QED) is 0.862. The van der Waals surface area contributed by atoms with Crippen LogP contribution in [0.15, 0.2) is 54.6 Å². The van der Waals surface area contributed by atoms with E-state index in [2.05, 4.69) is 5.32 Å². The Labute approximate surface area is 112 Å². The molecule has 0 radical (unpaired) electrons. The number of hydrogen-bond acceptors (Lipinski definition) is 2. The van der Waals surface area contributed by atoms with Crippen LogP contribution in [-0.2, 0) is 4.79 Å². The Morgan fingerprint density at radius 3 is 2.37 bits per heavy atom. The number of hydrogen-bond donors (Lipinski definition) is 2. The van der Waals surface area contributed by atoms with Crippen LogP contribution in [0.4, 0.5) is 5.69 Å². The third-order valence-corrected chi connectivity index (χ3v) is 3.14. The fraction of sp³-hybridized carbons (Fsp3) is 0.188. The van der Waals surface area contributed by atoms with Gasteiger partial charge in [-0.3, -0.25) is 4.79 Å². The molecule has 19 heavy (non-hydrogen) atoms. The highest BCUT2D eigenvalue weighted by Crippen LogP contribution is 2.19. The van der Waals surface area contributed by atoms with Crippen molar-refractivity contribution < 1.29 is 9.90 Å². The summed E-state index contributed by atoms with van der Waals surface area (Å²) in [5.41, 5.74) is 2.90. The molecule has 3 nitrogen and oxygen atoms in total. The van der Waals surface area contributed by atoms with Crippen LogP contribution >= 0.6 is 0 Å². The van der Waals surface area contributed by atoms with Crippen LogP contribution < -0.4 is 5.32 Å². The van der Waals surface area contributed by atoms with Gasteiger partial charge in [-0.05, 0) is 24.1 Å². The molecule has 0 bridgehead atoms. The summed E-state index contributed by atoms with van der Waals surface area (Å²) >= 11 is 0. The Hall–Kier alpha value is -2.29. The van der Waals surface area contributed by atoms with Gasteiger partial charge in [-0.25, -0.2) is 0 Å². The predicted octanol–water partition coefficient (Wildman–Crippen LogP) is 3.28. The minimum absolute atomic E-state index is 0.379. The molecule has 2 aromatic carbocycles. The lowest BCUT2D eigenvalue weighted by Crippen LogP contribution is -2.21. The topological polar surface area (TPSA) is 49.3 Å². The highest BCUT2D eigenvalue weighted by Gasteiger charge is 2.19. The van der Waals surface area contributed by atoms with E-state index in [1.54, 1.807) is 0 Å². The number of para-hydroxylation sites is 1. The van der Waals surface area contributed by atoms with Gasteiger partial charge in [0.15, 0.2) is 0 Å². The Morgan fingerprint density at radius 2 is 1.74 bits per heavy atom. The summed E-state index contributed by atoms with van der Waals surface area (Å²) in [5.74, 6) is -1.35. The minimum Gasteiger partial charge on any atom is -0.481 e. The van der Waals surface area contributed by atoms with Gasteiger partial charge in [0.2, 0.25) is 0 Å². The molecule has 0 heterocycles. The molecule has 1 unspecified atom stereocenters. The van der Waals surface area contributed by atoms with Crippen molar-refractivity contribution in [2.75, 3.05) is 11.9 Å². The summed E-state index contributed by atoms with van der Waals surface area (Å²) < 4.78 is 0. The molecule has 0 fully saturated rings. The van der Waals surface area contributed by atoms with E-state index in [9.17, 15) is 9.90 Å². The van der Waals surface area contributed by atoms with Crippen molar-refractivity contribution in [3.8, 4) is 0 Å². The van der Waals surface area contributed by atoms with E-state index in [0.717, 1.165) is 16.8 Å². The summed E-state index contributed by atoms with van der Waals surface area (Å²) in [4.78, 5) is 11.4. The van der Waals surface area contributed by atoms with Gasteiger partial charge >= 0.3 is 5.97 Å². The first-order valence-corrected chi connectivity index (χ1v) is 6.25. The van der Waals surface area contributed by atoms with Crippen molar-refractivity contribution in [1.29, 1.82) is 0 Å². The molecule has 0 aliphatic carbocycles. The lowest BCUT2D eigenvalue weighted by atomic mass is 9.99. The number of rotatable bonds is 5. The zero-order valence-corrected chi connectivity index (χ0v) is 10.8. The molecule has 2 N–H and O–H groups in total. The summed E-state index contributed by atoms with van der Waals surface area (Å²) in [6.07, 6.45) is 0. The molecule has 0 aliphatic heterocycles. The van der Waals surface area contributed by atoms with Crippen molar-refractivity contribution in [1.82, 2.24) is 0 Å². The van der Waals surface area contributed by atoms with E-state index in [1.165, 1.54) is 0 Å². The molecule has 0 aliphatic rings. The van der Waals surface area contributed by atoms with Crippen molar-refractivity contribution >= 4 is 11.7 Å². The Bertz CT molecular complexity index is 552. The minimum atomic E-state index is -0.813. The molecule has 0 saturated heterocycles. The van der Waals surface area contributed by atoms with E-state index < -0.39 is 11.9 Å². The SMILES string of the molecule is Cc1ccccc1NCC(C(=O)O)c1ccccc1. The van der Waals surface area contributed by atoms with Crippen molar-refractivity contribution in [3.63, 3.8) is 0 Å². The molecule has 0 amide bonds. The van der Waals surface area contributed by atoms with Crippen LogP contribution in [0.2, 0.25) is 0 Å². The molecule has 98 valence electrons. The summed E-state index contributed by atoms with van der Waals surface area (Å²) in [5, 5.41) is 12.5. The monoisotopic (exact) mass is 255 g/mol. The molecule has 1 atom stereocenters. The first-order chi connectivity index (χ1) is 9.18. The number of aryl methyl sites for hydroxylation is 1. The predicted molar refractivity (Wildman–Crippen MR) is 76.5 cm³/mol. The highest BCUT2D eigenvalue weighted by molar-refractivity contribution is 5.77. The van der Waals surface area contributed by atoms with E-state index in [4.69, 9.17) is 0 Å². The molecule has 0 aromatic heterocycles. The number of carbonyl (C=O) groups is 1. The van der Waals surface area contributed by atoms with Crippen LogP contribution in [0.25, 0.3) is 0 Å². The van der Waals surface area contributed by atoms with Gasteiger partial charge in [0.25, 0.3) is 0 Å². The van der Waals surface area contributed by atoms with Crippen LogP contribution in [0.3, 0.4) is 0 Å². The Morgan fingerprint density at radius 1 is 1.11 bits per heavy atom. The summed E-state index contributed by atoms with van der Waals surface area (Å²) in [7, 11) is 0. The molecule has 2 rings (SSSR count). The molecule has 0 saturated carbocycles. The molecule has 0 spiro atoms. The first kappa shape index (κ1) is 13.1. The number of carboxylic acid groups (broad SMARTS) is 1. The summed E-state index contributed by atoms with van der Waals surface area (Å²) in [6, 6.07) is 17.2. The van der Waals surface area contributed by atoms with E-state index in [-0.39, 0.29) is 0 Å². The fourth-order valence-corrected chi connectivity index (χ4v) is 2.02. The second-order valence-corrected chi connectivity index (χ2v) is 4.50. The second kappa shape index (κ2) is 6.05. The van der Waals surface area contributed by atoms with Gasteiger partial charge in [-0.2, -0.15) is 0 Å². The largest absolute Gasteiger partial charge is 0.481 e. The number of anilines is 1. The average Bonchev–Trinajstić information content (AvgIpc) is 2.42. The molecular weight excluding hydrogens is 238 g/mol. The van der Waals surface area contributed by atoms with E-state index in [0.29, 0.717) is 6.54 Å². The number of carboxylic acids is 1. The van der Waals surface area contributed by atoms with Crippen LogP contribution in [0.1, 0.15) is 17.0 Å². The molecular formula is C16H17NO2. The van der Waals surface area contributed by atoms with Crippen LogP contribution in [0, 0.1) is 6.92 Å². The van der Waals surface area contributed by atoms with Gasteiger partial charge in [0, 0.05) is 12.2 Å². The normalized spacial score (nSPS) is 11.8. The number of nitrogens with one attached hydrogen (secondary N) is 1. The maximum Gasteiger partial charge on any atom is 0.312 e. The van der Waals surface area contributed by atoms with Gasteiger partial charge in [0.05, 0.1) is 5.92 Å². The number of benzene rings is 2. The van der Waals surface area contributed by atoms with Crippen molar-refractivity contribution in [2.24, 2.45) is 0 Å². The Kier molecular flexibility index (Phi) is 4.18. The van der Waals surface area contributed by atoms with Gasteiger partial charge < -0.3 is 10.4 Å². The van der Waals surface area contributed by atoms with Crippen molar-refractivity contribution in [2.45, 2.75) is 12.8 Å². The van der Waals surface area contributed by atoms with Crippen LogP contribution in [0.5, 0.6) is 0 Å². The third-order valence-electron chi connectivity index (χ3n) is 3.14. The fourth-order valence-electron chi connectivity index (χ4n) is 2.02.